The zero-order valence-corrected chi connectivity index (χ0v) is 12.7. The summed E-state index contributed by atoms with van der Waals surface area (Å²) in [7, 11) is 2.86. The second-order valence-electron chi connectivity index (χ2n) is 4.22. The Kier molecular flexibility index (Phi) is 4.99. The van der Waals surface area contributed by atoms with E-state index in [1.807, 2.05) is 0 Å². The zero-order valence-electron chi connectivity index (χ0n) is 11.9. The molecule has 8 nitrogen and oxygen atoms in total. The lowest BCUT2D eigenvalue weighted by molar-refractivity contribution is -0.772. The predicted molar refractivity (Wildman–Crippen MR) is 77.6 cm³/mol. The first kappa shape index (κ1) is 15.8. The standard InChI is InChI=1S/C13H13N3O5S/c1-16-11(13(19)21-15-16)22-7-10(17)14-9-6-4-3-5-8(9)12(18)20-2/h3-6H,7H2,1-2H3,(H-,14,15,17,18,19)/p+1. The van der Waals surface area contributed by atoms with Gasteiger partial charge in [-0.15, -0.1) is 0 Å². The third-order valence-corrected chi connectivity index (χ3v) is 3.82. The molecule has 1 heterocycles. The number of benzene rings is 1. The Hall–Kier alpha value is -2.55. The fraction of sp³-hybridized carbons (Fsp3) is 0.231. The number of methoxy groups -OCH3 is 1. The lowest BCUT2D eigenvalue weighted by Crippen LogP contribution is -2.34. The van der Waals surface area contributed by atoms with Gasteiger partial charge in [-0.2, -0.15) is 0 Å². The van der Waals surface area contributed by atoms with Crippen LogP contribution < -0.4 is 15.6 Å². The Morgan fingerprint density at radius 2 is 2.14 bits per heavy atom. The van der Waals surface area contributed by atoms with Crippen LogP contribution in [0.25, 0.3) is 0 Å². The first-order chi connectivity index (χ1) is 10.5. The molecule has 2 N–H and O–H groups in total. The summed E-state index contributed by atoms with van der Waals surface area (Å²) in [4.78, 5) is 34.9. The number of ether oxygens (including phenoxy) is 1. The Balaban J connectivity index is 2.04. The SMILES string of the molecule is COC(=O)c1ccccc1NC(=O)CSc1c(=O)o[nH][n+]1C. The summed E-state index contributed by atoms with van der Waals surface area (Å²) in [5.41, 5.74) is 0.0655. The van der Waals surface area contributed by atoms with Crippen LogP contribution in [0.2, 0.25) is 0 Å². The Bertz CT molecular complexity index is 752. The number of aromatic amines is 1. The topological polar surface area (TPSA) is 105 Å². The van der Waals surface area contributed by atoms with Gasteiger partial charge in [-0.1, -0.05) is 16.8 Å². The second-order valence-corrected chi connectivity index (χ2v) is 5.18. The number of amides is 1. The van der Waals surface area contributed by atoms with E-state index >= 15 is 0 Å². The van der Waals surface area contributed by atoms with E-state index < -0.39 is 11.6 Å². The molecule has 0 aliphatic rings. The van der Waals surface area contributed by atoms with Crippen LogP contribution in [-0.2, 0) is 16.6 Å². The molecule has 1 aromatic heterocycles. The zero-order chi connectivity index (χ0) is 16.1. The number of aryl methyl sites for hydroxylation is 1. The largest absolute Gasteiger partial charge is 0.465 e. The van der Waals surface area contributed by atoms with Crippen LogP contribution in [0.1, 0.15) is 10.4 Å². The van der Waals surface area contributed by atoms with E-state index in [2.05, 4.69) is 19.8 Å². The number of thioether (sulfide) groups is 1. The summed E-state index contributed by atoms with van der Waals surface area (Å²) in [6, 6.07) is 6.51. The minimum absolute atomic E-state index is 0.00798. The van der Waals surface area contributed by atoms with Gasteiger partial charge in [0.2, 0.25) is 5.91 Å². The molecule has 2 rings (SSSR count). The molecule has 0 atom stereocenters. The molecule has 116 valence electrons. The summed E-state index contributed by atoms with van der Waals surface area (Å²) >= 11 is 1.02. The molecular formula is C13H14N3O5S+. The van der Waals surface area contributed by atoms with E-state index in [-0.39, 0.29) is 22.2 Å². The van der Waals surface area contributed by atoms with E-state index in [0.717, 1.165) is 11.8 Å². The maximum Gasteiger partial charge on any atom is 0.441 e. The fourth-order valence-electron chi connectivity index (χ4n) is 1.69. The molecule has 9 heteroatoms. The molecule has 0 unspecified atom stereocenters. The molecule has 0 bridgehead atoms. The van der Waals surface area contributed by atoms with Gasteiger partial charge >= 0.3 is 16.6 Å². The quantitative estimate of drug-likeness (QED) is 0.466. The Labute approximate surface area is 129 Å². The average molecular weight is 324 g/mol. The number of H-pyrrole nitrogens is 1. The number of nitrogens with one attached hydrogen (secondary N) is 2. The van der Waals surface area contributed by atoms with Crippen LogP contribution in [0.15, 0.2) is 38.6 Å². The summed E-state index contributed by atoms with van der Waals surface area (Å²) in [5.74, 6) is -0.908. The van der Waals surface area contributed by atoms with Gasteiger partial charge in [0.1, 0.15) is 0 Å². The average Bonchev–Trinajstić information content (AvgIpc) is 2.83. The van der Waals surface area contributed by atoms with Crippen molar-refractivity contribution in [2.75, 3.05) is 18.2 Å². The normalized spacial score (nSPS) is 10.3. The molecule has 2 aromatic rings. The van der Waals surface area contributed by atoms with E-state index in [0.29, 0.717) is 5.69 Å². The third-order valence-electron chi connectivity index (χ3n) is 2.70. The van der Waals surface area contributed by atoms with Gasteiger partial charge in [-0.05, 0) is 29.2 Å². The maximum atomic E-state index is 12.0. The molecule has 0 aliphatic carbocycles. The van der Waals surface area contributed by atoms with Crippen LogP contribution in [-0.4, -0.2) is 30.0 Å². The highest BCUT2D eigenvalue weighted by molar-refractivity contribution is 7.99. The van der Waals surface area contributed by atoms with Gasteiger partial charge in [-0.3, -0.25) is 9.32 Å². The summed E-state index contributed by atoms with van der Waals surface area (Å²) in [6.45, 7) is 0. The van der Waals surface area contributed by atoms with Crippen molar-refractivity contribution in [2.24, 2.45) is 7.05 Å². The number of carbonyl (C=O) groups is 2. The molecule has 0 radical (unpaired) electrons. The van der Waals surface area contributed by atoms with Crippen molar-refractivity contribution >= 4 is 29.3 Å². The second kappa shape index (κ2) is 6.94. The number of aromatic nitrogens is 2. The van der Waals surface area contributed by atoms with Gasteiger partial charge in [0, 0.05) is 0 Å². The monoisotopic (exact) mass is 324 g/mol. The van der Waals surface area contributed by atoms with E-state index in [1.165, 1.54) is 11.8 Å². The van der Waals surface area contributed by atoms with Crippen LogP contribution in [0.5, 0.6) is 0 Å². The van der Waals surface area contributed by atoms with E-state index in [1.54, 1.807) is 31.3 Å². The smallest absolute Gasteiger partial charge is 0.441 e. The summed E-state index contributed by atoms with van der Waals surface area (Å²) < 4.78 is 10.6. The first-order valence-electron chi connectivity index (χ1n) is 6.20. The molecule has 0 saturated carbocycles. The van der Waals surface area contributed by atoms with Crippen LogP contribution >= 0.6 is 11.8 Å². The number of para-hydroxylation sites is 1. The van der Waals surface area contributed by atoms with Crippen molar-refractivity contribution in [2.45, 2.75) is 5.03 Å². The van der Waals surface area contributed by atoms with Crippen molar-refractivity contribution in [1.82, 2.24) is 5.27 Å². The van der Waals surface area contributed by atoms with Gasteiger partial charge in [0.25, 0.3) is 0 Å². The van der Waals surface area contributed by atoms with Gasteiger partial charge in [0.15, 0.2) is 7.05 Å². The molecule has 22 heavy (non-hydrogen) atoms. The van der Waals surface area contributed by atoms with Crippen LogP contribution in [0.4, 0.5) is 5.69 Å². The highest BCUT2D eigenvalue weighted by Crippen LogP contribution is 2.17. The third kappa shape index (κ3) is 3.55. The van der Waals surface area contributed by atoms with Gasteiger partial charge in [0.05, 0.1) is 24.1 Å². The highest BCUT2D eigenvalue weighted by Gasteiger charge is 2.20. The fourth-order valence-corrected chi connectivity index (χ4v) is 2.42. The van der Waals surface area contributed by atoms with Crippen molar-refractivity contribution in [1.29, 1.82) is 0 Å². The van der Waals surface area contributed by atoms with Crippen molar-refractivity contribution in [3.8, 4) is 0 Å². The molecular weight excluding hydrogens is 310 g/mol. The van der Waals surface area contributed by atoms with Crippen molar-refractivity contribution in [3.63, 3.8) is 0 Å². The van der Waals surface area contributed by atoms with E-state index in [4.69, 9.17) is 0 Å². The molecule has 0 aliphatic heterocycles. The molecule has 1 aromatic carbocycles. The van der Waals surface area contributed by atoms with Crippen LogP contribution in [0, 0.1) is 0 Å². The number of hydrogen-bond acceptors (Lipinski definition) is 6. The number of rotatable bonds is 5. The maximum absolute atomic E-state index is 12.0. The van der Waals surface area contributed by atoms with Gasteiger partial charge < -0.3 is 10.1 Å². The number of esters is 1. The number of carbonyl (C=O) groups excluding carboxylic acids is 2. The molecule has 0 spiro atoms. The van der Waals surface area contributed by atoms with E-state index in [9.17, 15) is 14.4 Å². The summed E-state index contributed by atoms with van der Waals surface area (Å²) in [6.07, 6.45) is 0. The summed E-state index contributed by atoms with van der Waals surface area (Å²) in [5, 5.41) is 5.25. The lowest BCUT2D eigenvalue weighted by Gasteiger charge is -2.08. The Morgan fingerprint density at radius 3 is 2.77 bits per heavy atom. The minimum atomic E-state index is -0.546. The molecule has 1 amide bonds. The molecule has 0 fully saturated rings. The number of anilines is 1. The number of hydrogen-bond donors (Lipinski definition) is 2. The van der Waals surface area contributed by atoms with Crippen molar-refractivity contribution in [3.05, 3.63) is 40.2 Å². The number of nitrogens with zero attached hydrogens (tertiary/aromatic N) is 1. The Morgan fingerprint density at radius 1 is 1.41 bits per heavy atom. The van der Waals surface area contributed by atoms with Gasteiger partial charge in [-0.25, -0.2) is 9.59 Å². The lowest BCUT2D eigenvalue weighted by atomic mass is 10.2. The first-order valence-corrected chi connectivity index (χ1v) is 7.19. The predicted octanol–water partition coefficient (Wildman–Crippen LogP) is 0.310. The van der Waals surface area contributed by atoms with Crippen LogP contribution in [0.3, 0.4) is 0 Å². The highest BCUT2D eigenvalue weighted by atomic mass is 32.2. The van der Waals surface area contributed by atoms with Crippen molar-refractivity contribution < 1.29 is 23.5 Å². The molecule has 0 saturated heterocycles. The minimum Gasteiger partial charge on any atom is -0.465 e.